The standard InChI is InChI=1S/C10H18N2S2/c1-7(2)4-13-6-10-12-9(5-14-10)8(3)11/h5,7-8H,4,6,11H2,1-3H3. The average molecular weight is 230 g/mol. The van der Waals surface area contributed by atoms with Gasteiger partial charge in [0.15, 0.2) is 0 Å². The zero-order valence-corrected chi connectivity index (χ0v) is 10.6. The Bertz CT molecular complexity index is 269. The Morgan fingerprint density at radius 2 is 2.21 bits per heavy atom. The molecule has 0 aromatic carbocycles. The molecule has 1 rings (SSSR count). The number of rotatable bonds is 5. The quantitative estimate of drug-likeness (QED) is 0.845. The lowest BCUT2D eigenvalue weighted by atomic mass is 10.3. The number of aromatic nitrogens is 1. The van der Waals surface area contributed by atoms with E-state index in [2.05, 4.69) is 24.2 Å². The van der Waals surface area contributed by atoms with E-state index in [0.29, 0.717) is 0 Å². The molecule has 0 spiro atoms. The van der Waals surface area contributed by atoms with E-state index in [1.54, 1.807) is 11.3 Å². The van der Waals surface area contributed by atoms with Crippen molar-refractivity contribution in [1.82, 2.24) is 4.98 Å². The van der Waals surface area contributed by atoms with Gasteiger partial charge in [-0.1, -0.05) is 13.8 Å². The number of hydrogen-bond donors (Lipinski definition) is 1. The maximum Gasteiger partial charge on any atom is 0.103 e. The molecule has 0 aliphatic heterocycles. The third-order valence-corrected chi connectivity index (χ3v) is 4.14. The molecule has 4 heteroatoms. The summed E-state index contributed by atoms with van der Waals surface area (Å²) >= 11 is 3.66. The molecule has 1 heterocycles. The lowest BCUT2D eigenvalue weighted by Gasteiger charge is -2.02. The van der Waals surface area contributed by atoms with Crippen LogP contribution in [0.15, 0.2) is 5.38 Å². The van der Waals surface area contributed by atoms with Gasteiger partial charge in [-0.05, 0) is 18.6 Å². The van der Waals surface area contributed by atoms with Gasteiger partial charge in [-0.15, -0.1) is 11.3 Å². The van der Waals surface area contributed by atoms with Gasteiger partial charge in [0, 0.05) is 17.2 Å². The van der Waals surface area contributed by atoms with E-state index in [1.165, 1.54) is 10.8 Å². The molecule has 1 atom stereocenters. The highest BCUT2D eigenvalue weighted by atomic mass is 32.2. The summed E-state index contributed by atoms with van der Waals surface area (Å²) in [5, 5.41) is 3.26. The topological polar surface area (TPSA) is 38.9 Å². The molecule has 0 bridgehead atoms. The van der Waals surface area contributed by atoms with E-state index < -0.39 is 0 Å². The molecule has 0 aliphatic rings. The van der Waals surface area contributed by atoms with Crippen molar-refractivity contribution in [2.75, 3.05) is 5.75 Å². The minimum absolute atomic E-state index is 0.0649. The summed E-state index contributed by atoms with van der Waals surface area (Å²) < 4.78 is 0. The minimum Gasteiger partial charge on any atom is -0.323 e. The third-order valence-electron chi connectivity index (χ3n) is 1.71. The molecule has 14 heavy (non-hydrogen) atoms. The molecule has 80 valence electrons. The summed E-state index contributed by atoms with van der Waals surface area (Å²) in [6.45, 7) is 6.45. The fourth-order valence-corrected chi connectivity index (χ4v) is 3.02. The first-order chi connectivity index (χ1) is 6.59. The molecular weight excluding hydrogens is 212 g/mol. The van der Waals surface area contributed by atoms with E-state index in [1.807, 2.05) is 18.7 Å². The Morgan fingerprint density at radius 1 is 1.50 bits per heavy atom. The smallest absolute Gasteiger partial charge is 0.103 e. The van der Waals surface area contributed by atoms with Crippen LogP contribution in [-0.4, -0.2) is 10.7 Å². The number of hydrogen-bond acceptors (Lipinski definition) is 4. The number of nitrogens with two attached hydrogens (primary N) is 1. The lowest BCUT2D eigenvalue weighted by molar-refractivity contribution is 0.750. The van der Waals surface area contributed by atoms with Crippen molar-refractivity contribution in [3.63, 3.8) is 0 Å². The molecule has 2 N–H and O–H groups in total. The highest BCUT2D eigenvalue weighted by molar-refractivity contribution is 7.98. The number of thioether (sulfide) groups is 1. The zero-order chi connectivity index (χ0) is 10.6. The van der Waals surface area contributed by atoms with Crippen LogP contribution in [0.4, 0.5) is 0 Å². The Kier molecular flexibility index (Phi) is 4.92. The SMILES string of the molecule is CC(C)CSCc1nc(C(C)N)cs1. The van der Waals surface area contributed by atoms with Gasteiger partial charge in [-0.2, -0.15) is 11.8 Å². The minimum atomic E-state index is 0.0649. The first-order valence-electron chi connectivity index (χ1n) is 4.87. The van der Waals surface area contributed by atoms with E-state index >= 15 is 0 Å². The molecule has 0 saturated carbocycles. The van der Waals surface area contributed by atoms with Crippen molar-refractivity contribution >= 4 is 23.1 Å². The van der Waals surface area contributed by atoms with Gasteiger partial charge < -0.3 is 5.73 Å². The van der Waals surface area contributed by atoms with E-state index in [-0.39, 0.29) is 6.04 Å². The normalized spacial score (nSPS) is 13.5. The summed E-state index contributed by atoms with van der Waals surface area (Å²) in [7, 11) is 0. The first kappa shape index (κ1) is 12.0. The molecule has 1 unspecified atom stereocenters. The molecule has 2 nitrogen and oxygen atoms in total. The second-order valence-corrected chi connectivity index (χ2v) is 5.84. The van der Waals surface area contributed by atoms with Gasteiger partial charge in [0.05, 0.1) is 5.69 Å². The summed E-state index contributed by atoms with van der Waals surface area (Å²) in [5.41, 5.74) is 6.76. The highest BCUT2D eigenvalue weighted by Gasteiger charge is 2.05. The Morgan fingerprint density at radius 3 is 2.71 bits per heavy atom. The molecule has 1 aromatic rings. The largest absolute Gasteiger partial charge is 0.323 e. The lowest BCUT2D eigenvalue weighted by Crippen LogP contribution is -2.05. The molecular formula is C10H18N2S2. The molecule has 0 aliphatic carbocycles. The zero-order valence-electron chi connectivity index (χ0n) is 8.99. The Balaban J connectivity index is 2.36. The van der Waals surface area contributed by atoms with E-state index in [4.69, 9.17) is 5.73 Å². The summed E-state index contributed by atoms with van der Waals surface area (Å²) in [6, 6.07) is 0.0649. The monoisotopic (exact) mass is 230 g/mol. The third kappa shape index (κ3) is 3.98. The summed E-state index contributed by atoms with van der Waals surface area (Å²) in [6.07, 6.45) is 0. The van der Waals surface area contributed by atoms with Gasteiger partial charge >= 0.3 is 0 Å². The number of thiazole rings is 1. The van der Waals surface area contributed by atoms with Crippen molar-refractivity contribution in [3.05, 3.63) is 16.1 Å². The summed E-state index contributed by atoms with van der Waals surface area (Å²) in [5.74, 6) is 2.98. The first-order valence-corrected chi connectivity index (χ1v) is 6.90. The van der Waals surface area contributed by atoms with Gasteiger partial charge in [0.2, 0.25) is 0 Å². The van der Waals surface area contributed by atoms with Crippen LogP contribution >= 0.6 is 23.1 Å². The van der Waals surface area contributed by atoms with Crippen LogP contribution < -0.4 is 5.73 Å². The van der Waals surface area contributed by atoms with Crippen LogP contribution in [0.1, 0.15) is 37.5 Å². The second kappa shape index (κ2) is 5.73. The highest BCUT2D eigenvalue weighted by Crippen LogP contribution is 2.20. The summed E-state index contributed by atoms with van der Waals surface area (Å²) in [4.78, 5) is 4.48. The van der Waals surface area contributed by atoms with Crippen LogP contribution in [0.5, 0.6) is 0 Å². The van der Waals surface area contributed by atoms with Crippen molar-refractivity contribution in [2.45, 2.75) is 32.6 Å². The average Bonchev–Trinajstić information content (AvgIpc) is 2.52. The van der Waals surface area contributed by atoms with Gasteiger partial charge in [0.25, 0.3) is 0 Å². The predicted molar refractivity (Wildman–Crippen MR) is 65.7 cm³/mol. The van der Waals surface area contributed by atoms with Crippen LogP contribution in [0.3, 0.4) is 0 Å². The van der Waals surface area contributed by atoms with Crippen molar-refractivity contribution in [1.29, 1.82) is 0 Å². The Hall–Kier alpha value is -0.0600. The van der Waals surface area contributed by atoms with Gasteiger partial charge in [-0.3, -0.25) is 0 Å². The van der Waals surface area contributed by atoms with Gasteiger partial charge in [-0.25, -0.2) is 4.98 Å². The molecule has 1 aromatic heterocycles. The maximum absolute atomic E-state index is 5.74. The van der Waals surface area contributed by atoms with Crippen LogP contribution in [0.25, 0.3) is 0 Å². The fraction of sp³-hybridized carbons (Fsp3) is 0.700. The molecule has 0 radical (unpaired) electrons. The second-order valence-electron chi connectivity index (χ2n) is 3.86. The molecule has 0 saturated heterocycles. The molecule has 0 fully saturated rings. The fourth-order valence-electron chi connectivity index (χ4n) is 0.982. The van der Waals surface area contributed by atoms with Crippen LogP contribution in [0.2, 0.25) is 0 Å². The maximum atomic E-state index is 5.74. The van der Waals surface area contributed by atoms with E-state index in [9.17, 15) is 0 Å². The van der Waals surface area contributed by atoms with Crippen LogP contribution in [-0.2, 0) is 5.75 Å². The van der Waals surface area contributed by atoms with Gasteiger partial charge in [0.1, 0.15) is 5.01 Å². The van der Waals surface area contributed by atoms with Crippen molar-refractivity contribution < 1.29 is 0 Å². The predicted octanol–water partition coefficient (Wildman–Crippen LogP) is 3.05. The Labute approximate surface area is 94.3 Å². The molecule has 0 amide bonds. The van der Waals surface area contributed by atoms with Crippen molar-refractivity contribution in [3.8, 4) is 0 Å². The number of nitrogens with zero attached hydrogens (tertiary/aromatic N) is 1. The van der Waals surface area contributed by atoms with E-state index in [0.717, 1.165) is 17.4 Å². The van der Waals surface area contributed by atoms with Crippen LogP contribution in [0, 0.1) is 5.92 Å². The van der Waals surface area contributed by atoms with Crippen molar-refractivity contribution in [2.24, 2.45) is 11.7 Å².